The lowest BCUT2D eigenvalue weighted by Gasteiger charge is -2.08. The van der Waals surface area contributed by atoms with Crippen LogP contribution in [0.5, 0.6) is 0 Å². The van der Waals surface area contributed by atoms with Crippen LogP contribution in [0, 0.1) is 0 Å². The SMILES string of the molecule is CSc1ccccc1NC(=O)CSc1n[nH]c(C2CCCC2)n1. The molecule has 0 radical (unpaired) electrons. The number of carbonyl (C=O) groups excluding carboxylic acids is 1. The number of benzene rings is 1. The summed E-state index contributed by atoms with van der Waals surface area (Å²) in [6.07, 6.45) is 6.91. The van der Waals surface area contributed by atoms with E-state index in [2.05, 4.69) is 20.5 Å². The number of nitrogens with one attached hydrogen (secondary N) is 2. The van der Waals surface area contributed by atoms with Gasteiger partial charge < -0.3 is 5.32 Å². The number of thioether (sulfide) groups is 2. The Hall–Kier alpha value is -1.47. The zero-order valence-corrected chi connectivity index (χ0v) is 14.7. The highest BCUT2D eigenvalue weighted by atomic mass is 32.2. The maximum Gasteiger partial charge on any atom is 0.234 e. The van der Waals surface area contributed by atoms with Crippen molar-refractivity contribution in [1.29, 1.82) is 0 Å². The van der Waals surface area contributed by atoms with E-state index in [0.29, 0.717) is 16.8 Å². The Bertz CT molecular complexity index is 668. The molecule has 0 unspecified atom stereocenters. The van der Waals surface area contributed by atoms with Crippen molar-refractivity contribution in [2.45, 2.75) is 41.7 Å². The van der Waals surface area contributed by atoms with Crippen LogP contribution < -0.4 is 5.32 Å². The van der Waals surface area contributed by atoms with Crippen molar-refractivity contribution >= 4 is 35.1 Å². The predicted molar refractivity (Wildman–Crippen MR) is 95.2 cm³/mol. The molecule has 2 aromatic rings. The highest BCUT2D eigenvalue weighted by Gasteiger charge is 2.20. The molecular formula is C16H20N4OS2. The minimum atomic E-state index is -0.0382. The summed E-state index contributed by atoms with van der Waals surface area (Å²) in [7, 11) is 0. The first-order chi connectivity index (χ1) is 11.3. The van der Waals surface area contributed by atoms with E-state index in [1.165, 1.54) is 37.4 Å². The van der Waals surface area contributed by atoms with Crippen LogP contribution in [0.25, 0.3) is 0 Å². The molecule has 0 bridgehead atoms. The predicted octanol–water partition coefficient (Wildman–Crippen LogP) is 3.92. The Morgan fingerprint density at radius 2 is 2.13 bits per heavy atom. The summed E-state index contributed by atoms with van der Waals surface area (Å²) >= 11 is 2.99. The van der Waals surface area contributed by atoms with Crippen molar-refractivity contribution < 1.29 is 4.79 Å². The van der Waals surface area contributed by atoms with Gasteiger partial charge in [-0.1, -0.05) is 36.7 Å². The Balaban J connectivity index is 1.52. The summed E-state index contributed by atoms with van der Waals surface area (Å²) in [5.74, 6) is 1.76. The molecule has 5 nitrogen and oxygen atoms in total. The molecule has 0 aliphatic heterocycles. The van der Waals surface area contributed by atoms with Crippen molar-refractivity contribution in [3.8, 4) is 0 Å². The Morgan fingerprint density at radius 1 is 1.35 bits per heavy atom. The van der Waals surface area contributed by atoms with Crippen molar-refractivity contribution in [3.05, 3.63) is 30.1 Å². The monoisotopic (exact) mass is 348 g/mol. The quantitative estimate of drug-likeness (QED) is 0.774. The fraction of sp³-hybridized carbons (Fsp3) is 0.438. The number of carbonyl (C=O) groups is 1. The van der Waals surface area contributed by atoms with E-state index in [0.717, 1.165) is 16.4 Å². The maximum atomic E-state index is 12.1. The zero-order chi connectivity index (χ0) is 16.1. The molecule has 1 aromatic heterocycles. The van der Waals surface area contributed by atoms with Crippen LogP contribution in [0.2, 0.25) is 0 Å². The molecule has 1 aromatic carbocycles. The molecule has 1 saturated carbocycles. The lowest BCUT2D eigenvalue weighted by molar-refractivity contribution is -0.113. The van der Waals surface area contributed by atoms with Gasteiger partial charge in [0.05, 0.1) is 11.4 Å². The molecule has 1 aliphatic carbocycles. The largest absolute Gasteiger partial charge is 0.324 e. The molecule has 0 atom stereocenters. The average molecular weight is 348 g/mol. The van der Waals surface area contributed by atoms with E-state index in [4.69, 9.17) is 0 Å². The molecule has 1 aliphatic rings. The number of para-hydroxylation sites is 1. The molecular weight excluding hydrogens is 328 g/mol. The summed E-state index contributed by atoms with van der Waals surface area (Å²) in [4.78, 5) is 17.7. The zero-order valence-electron chi connectivity index (χ0n) is 13.0. The normalized spacial score (nSPS) is 15.0. The van der Waals surface area contributed by atoms with Crippen LogP contribution in [-0.2, 0) is 4.79 Å². The van der Waals surface area contributed by atoms with E-state index in [9.17, 15) is 4.79 Å². The topological polar surface area (TPSA) is 70.7 Å². The minimum absolute atomic E-state index is 0.0382. The van der Waals surface area contributed by atoms with Gasteiger partial charge in [0.2, 0.25) is 11.1 Å². The van der Waals surface area contributed by atoms with Gasteiger partial charge in [0.1, 0.15) is 5.82 Å². The Labute approximate surface area is 144 Å². The highest BCUT2D eigenvalue weighted by molar-refractivity contribution is 7.99. The van der Waals surface area contributed by atoms with Crippen LogP contribution in [0.1, 0.15) is 37.4 Å². The second-order valence-electron chi connectivity index (χ2n) is 5.52. The number of amides is 1. The van der Waals surface area contributed by atoms with Crippen LogP contribution in [0.3, 0.4) is 0 Å². The first-order valence-electron chi connectivity index (χ1n) is 7.74. The molecule has 0 saturated heterocycles. The van der Waals surface area contributed by atoms with E-state index < -0.39 is 0 Å². The summed E-state index contributed by atoms with van der Waals surface area (Å²) in [5, 5.41) is 10.8. The fourth-order valence-corrected chi connectivity index (χ4v) is 3.93. The van der Waals surface area contributed by atoms with E-state index in [-0.39, 0.29) is 5.91 Å². The number of aromatic amines is 1. The molecule has 2 N–H and O–H groups in total. The molecule has 3 rings (SSSR count). The summed E-state index contributed by atoms with van der Waals surface area (Å²) in [5.41, 5.74) is 0.854. The average Bonchev–Trinajstić information content (AvgIpc) is 3.24. The third kappa shape index (κ3) is 4.29. The van der Waals surface area contributed by atoms with Crippen LogP contribution in [-0.4, -0.2) is 33.1 Å². The van der Waals surface area contributed by atoms with Crippen molar-refractivity contribution in [1.82, 2.24) is 15.2 Å². The number of nitrogens with zero attached hydrogens (tertiary/aromatic N) is 2. The van der Waals surface area contributed by atoms with E-state index in [1.54, 1.807) is 11.8 Å². The first kappa shape index (κ1) is 16.4. The van der Waals surface area contributed by atoms with Crippen molar-refractivity contribution in [3.63, 3.8) is 0 Å². The molecule has 1 fully saturated rings. The number of aromatic nitrogens is 3. The summed E-state index contributed by atoms with van der Waals surface area (Å²) < 4.78 is 0. The fourth-order valence-electron chi connectivity index (χ4n) is 2.77. The molecule has 122 valence electrons. The van der Waals surface area contributed by atoms with Crippen LogP contribution in [0.15, 0.2) is 34.3 Å². The summed E-state index contributed by atoms with van der Waals surface area (Å²) in [6.45, 7) is 0. The van der Waals surface area contributed by atoms with Gasteiger partial charge in [0.15, 0.2) is 0 Å². The second kappa shape index (κ2) is 7.88. The Morgan fingerprint density at radius 3 is 2.91 bits per heavy atom. The van der Waals surface area contributed by atoms with Crippen LogP contribution in [0.4, 0.5) is 5.69 Å². The molecule has 0 spiro atoms. The number of H-pyrrole nitrogens is 1. The van der Waals surface area contributed by atoms with Gasteiger partial charge in [-0.25, -0.2) is 4.98 Å². The number of hydrogen-bond donors (Lipinski definition) is 2. The van der Waals surface area contributed by atoms with Crippen molar-refractivity contribution in [2.24, 2.45) is 0 Å². The number of hydrogen-bond acceptors (Lipinski definition) is 5. The maximum absolute atomic E-state index is 12.1. The standard InChI is InChI=1S/C16H20N4OS2/c1-22-13-9-5-4-8-12(13)17-14(21)10-23-16-18-15(19-20-16)11-6-2-3-7-11/h4-5,8-9,11H,2-3,6-7,10H2,1H3,(H,17,21)(H,18,19,20). The first-order valence-corrected chi connectivity index (χ1v) is 9.95. The van der Waals surface area contributed by atoms with E-state index >= 15 is 0 Å². The van der Waals surface area contributed by atoms with Gasteiger partial charge in [-0.2, -0.15) is 0 Å². The molecule has 1 heterocycles. The van der Waals surface area contributed by atoms with Gasteiger partial charge in [0.25, 0.3) is 0 Å². The third-order valence-corrected chi connectivity index (χ3v) is 5.58. The van der Waals surface area contributed by atoms with Crippen molar-refractivity contribution in [2.75, 3.05) is 17.3 Å². The lowest BCUT2D eigenvalue weighted by atomic mass is 10.1. The van der Waals surface area contributed by atoms with Gasteiger partial charge in [0, 0.05) is 10.8 Å². The van der Waals surface area contributed by atoms with Gasteiger partial charge in [-0.15, -0.1) is 16.9 Å². The minimum Gasteiger partial charge on any atom is -0.324 e. The van der Waals surface area contributed by atoms with Gasteiger partial charge in [-0.05, 0) is 31.2 Å². The highest BCUT2D eigenvalue weighted by Crippen LogP contribution is 2.32. The van der Waals surface area contributed by atoms with Gasteiger partial charge in [-0.3, -0.25) is 9.89 Å². The van der Waals surface area contributed by atoms with Crippen LogP contribution >= 0.6 is 23.5 Å². The third-order valence-electron chi connectivity index (χ3n) is 3.94. The molecule has 23 heavy (non-hydrogen) atoms. The molecule has 7 heteroatoms. The van der Waals surface area contributed by atoms with E-state index in [1.807, 2.05) is 30.5 Å². The number of rotatable bonds is 6. The molecule has 1 amide bonds. The lowest BCUT2D eigenvalue weighted by Crippen LogP contribution is -2.14. The van der Waals surface area contributed by atoms with Gasteiger partial charge >= 0.3 is 0 Å². The Kier molecular flexibility index (Phi) is 5.61. The second-order valence-corrected chi connectivity index (χ2v) is 7.31. The number of anilines is 1. The smallest absolute Gasteiger partial charge is 0.234 e. The summed E-state index contributed by atoms with van der Waals surface area (Å²) in [6, 6.07) is 7.80.